The Morgan fingerprint density at radius 2 is 1.86 bits per heavy atom. The topological polar surface area (TPSA) is 24.9 Å². The van der Waals surface area contributed by atoms with Crippen molar-refractivity contribution in [3.8, 4) is 11.1 Å². The van der Waals surface area contributed by atoms with Crippen LogP contribution in [0.2, 0.25) is 0 Å². The lowest BCUT2D eigenvalue weighted by Crippen LogP contribution is -2.12. The molecule has 0 saturated heterocycles. The quantitative estimate of drug-likeness (QED) is 0.772. The molecule has 0 bridgehead atoms. The molecule has 0 aliphatic rings. The normalized spacial score (nSPS) is 12.5. The molecule has 1 atom stereocenters. The van der Waals surface area contributed by atoms with Crippen molar-refractivity contribution < 1.29 is 4.39 Å². The lowest BCUT2D eigenvalue weighted by Gasteiger charge is -2.14. The van der Waals surface area contributed by atoms with Gasteiger partial charge < -0.3 is 5.32 Å². The van der Waals surface area contributed by atoms with E-state index in [0.717, 1.165) is 22.0 Å². The minimum absolute atomic E-state index is 0.173. The number of hydrogen-bond acceptors (Lipinski definition) is 2. The van der Waals surface area contributed by atoms with Crippen molar-refractivity contribution in [2.75, 3.05) is 7.05 Å². The molecule has 0 spiro atoms. The first-order valence-electron chi connectivity index (χ1n) is 7.01. The Morgan fingerprint density at radius 1 is 1.05 bits per heavy atom. The van der Waals surface area contributed by atoms with E-state index in [1.807, 2.05) is 49.5 Å². The highest BCUT2D eigenvalue weighted by atomic mass is 19.1. The fourth-order valence-electron chi connectivity index (χ4n) is 2.51. The molecule has 0 saturated carbocycles. The van der Waals surface area contributed by atoms with Crippen LogP contribution in [0.3, 0.4) is 0 Å². The van der Waals surface area contributed by atoms with Crippen LogP contribution in [0.1, 0.15) is 18.5 Å². The van der Waals surface area contributed by atoms with Crippen LogP contribution < -0.4 is 5.32 Å². The van der Waals surface area contributed by atoms with Gasteiger partial charge in [-0.1, -0.05) is 30.3 Å². The maximum Gasteiger partial charge on any atom is 0.131 e. The summed E-state index contributed by atoms with van der Waals surface area (Å²) in [6, 6.07) is 15.1. The predicted molar refractivity (Wildman–Crippen MR) is 84.6 cm³/mol. The van der Waals surface area contributed by atoms with Crippen molar-refractivity contribution in [3.05, 3.63) is 66.1 Å². The molecule has 0 aliphatic carbocycles. The molecule has 1 unspecified atom stereocenters. The van der Waals surface area contributed by atoms with Gasteiger partial charge in [-0.3, -0.25) is 4.98 Å². The third-order valence-electron chi connectivity index (χ3n) is 3.85. The first-order chi connectivity index (χ1) is 10.2. The van der Waals surface area contributed by atoms with Crippen LogP contribution >= 0.6 is 0 Å². The van der Waals surface area contributed by atoms with E-state index in [1.54, 1.807) is 6.20 Å². The van der Waals surface area contributed by atoms with Crippen molar-refractivity contribution in [2.45, 2.75) is 13.0 Å². The molecule has 0 amide bonds. The summed E-state index contributed by atoms with van der Waals surface area (Å²) in [6.45, 7) is 2.05. The van der Waals surface area contributed by atoms with Gasteiger partial charge in [0.05, 0.1) is 5.52 Å². The van der Waals surface area contributed by atoms with Crippen LogP contribution in [0.15, 0.2) is 54.7 Å². The maximum absolute atomic E-state index is 14.3. The second-order valence-corrected chi connectivity index (χ2v) is 5.13. The van der Waals surface area contributed by atoms with Crippen molar-refractivity contribution >= 4 is 10.9 Å². The van der Waals surface area contributed by atoms with E-state index in [2.05, 4.69) is 17.2 Å². The highest BCUT2D eigenvalue weighted by Gasteiger charge is 2.12. The summed E-state index contributed by atoms with van der Waals surface area (Å²) >= 11 is 0. The standard InChI is InChI=1S/C18H17FN2/c1-12(20-2)14-8-9-17(19)16(11-14)15-7-3-5-13-6-4-10-21-18(13)15/h3-12,20H,1-2H3. The smallest absolute Gasteiger partial charge is 0.131 e. The zero-order valence-electron chi connectivity index (χ0n) is 12.1. The zero-order chi connectivity index (χ0) is 14.8. The number of aromatic nitrogens is 1. The number of nitrogens with zero attached hydrogens (tertiary/aromatic N) is 1. The number of rotatable bonds is 3. The monoisotopic (exact) mass is 280 g/mol. The summed E-state index contributed by atoms with van der Waals surface area (Å²) in [7, 11) is 1.90. The first-order valence-corrected chi connectivity index (χ1v) is 7.01. The van der Waals surface area contributed by atoms with E-state index in [1.165, 1.54) is 6.07 Å². The van der Waals surface area contributed by atoms with Gasteiger partial charge in [-0.2, -0.15) is 0 Å². The average Bonchev–Trinajstić information content (AvgIpc) is 2.54. The summed E-state index contributed by atoms with van der Waals surface area (Å²) in [5.41, 5.74) is 3.31. The van der Waals surface area contributed by atoms with E-state index < -0.39 is 0 Å². The number of nitrogens with one attached hydrogen (secondary N) is 1. The number of para-hydroxylation sites is 1. The van der Waals surface area contributed by atoms with Gasteiger partial charge in [-0.15, -0.1) is 0 Å². The number of halogens is 1. The van der Waals surface area contributed by atoms with Crippen LogP contribution in [0.25, 0.3) is 22.0 Å². The maximum atomic E-state index is 14.3. The third-order valence-corrected chi connectivity index (χ3v) is 3.85. The van der Waals surface area contributed by atoms with Crippen LogP contribution in [0, 0.1) is 5.82 Å². The van der Waals surface area contributed by atoms with E-state index >= 15 is 0 Å². The van der Waals surface area contributed by atoms with Crippen molar-refractivity contribution in [3.63, 3.8) is 0 Å². The molecule has 3 heteroatoms. The third kappa shape index (κ3) is 2.52. The summed E-state index contributed by atoms with van der Waals surface area (Å²) < 4.78 is 14.3. The van der Waals surface area contributed by atoms with Crippen LogP contribution in [0.5, 0.6) is 0 Å². The van der Waals surface area contributed by atoms with Crippen LogP contribution in [-0.2, 0) is 0 Å². The molecule has 1 N–H and O–H groups in total. The molecule has 3 rings (SSSR count). The van der Waals surface area contributed by atoms with Gasteiger partial charge in [0.15, 0.2) is 0 Å². The Morgan fingerprint density at radius 3 is 2.67 bits per heavy atom. The highest BCUT2D eigenvalue weighted by Crippen LogP contribution is 2.31. The minimum Gasteiger partial charge on any atom is -0.313 e. The van der Waals surface area contributed by atoms with E-state index in [4.69, 9.17) is 0 Å². The first kappa shape index (κ1) is 13.7. The Balaban J connectivity index is 2.23. The van der Waals surface area contributed by atoms with Gasteiger partial charge >= 0.3 is 0 Å². The Bertz CT molecular complexity index is 778. The molecule has 0 fully saturated rings. The highest BCUT2D eigenvalue weighted by molar-refractivity contribution is 5.93. The van der Waals surface area contributed by atoms with Gasteiger partial charge in [0.2, 0.25) is 0 Å². The predicted octanol–water partition coefficient (Wildman–Crippen LogP) is 4.32. The van der Waals surface area contributed by atoms with Gasteiger partial charge in [0.1, 0.15) is 5.82 Å². The van der Waals surface area contributed by atoms with Gasteiger partial charge in [0, 0.05) is 28.8 Å². The number of benzene rings is 2. The minimum atomic E-state index is -0.222. The number of fused-ring (bicyclic) bond motifs is 1. The summed E-state index contributed by atoms with van der Waals surface area (Å²) in [6.07, 6.45) is 1.74. The summed E-state index contributed by atoms with van der Waals surface area (Å²) in [5, 5.41) is 4.19. The fraction of sp³-hybridized carbons (Fsp3) is 0.167. The molecule has 21 heavy (non-hydrogen) atoms. The fourth-order valence-corrected chi connectivity index (χ4v) is 2.51. The Labute approximate surface area is 123 Å². The summed E-state index contributed by atoms with van der Waals surface area (Å²) in [4.78, 5) is 4.41. The van der Waals surface area contributed by atoms with Crippen LogP contribution in [0.4, 0.5) is 4.39 Å². The average molecular weight is 280 g/mol. The van der Waals surface area contributed by atoms with Gasteiger partial charge in [-0.25, -0.2) is 4.39 Å². The molecular formula is C18H17FN2. The Hall–Kier alpha value is -2.26. The molecule has 3 aromatic rings. The second kappa shape index (κ2) is 5.62. The number of hydrogen-bond donors (Lipinski definition) is 1. The van der Waals surface area contributed by atoms with E-state index in [0.29, 0.717) is 5.56 Å². The molecule has 2 nitrogen and oxygen atoms in total. The molecule has 2 aromatic carbocycles. The van der Waals surface area contributed by atoms with Crippen molar-refractivity contribution in [1.29, 1.82) is 0 Å². The molecule has 1 heterocycles. The zero-order valence-corrected chi connectivity index (χ0v) is 12.1. The van der Waals surface area contributed by atoms with Crippen molar-refractivity contribution in [1.82, 2.24) is 10.3 Å². The van der Waals surface area contributed by atoms with E-state index in [-0.39, 0.29) is 11.9 Å². The van der Waals surface area contributed by atoms with Gasteiger partial charge in [0.25, 0.3) is 0 Å². The molecule has 1 aromatic heterocycles. The summed E-state index contributed by atoms with van der Waals surface area (Å²) in [5.74, 6) is -0.222. The number of pyridine rings is 1. The van der Waals surface area contributed by atoms with Crippen LogP contribution in [-0.4, -0.2) is 12.0 Å². The largest absolute Gasteiger partial charge is 0.313 e. The molecule has 0 aliphatic heterocycles. The molecule has 106 valence electrons. The second-order valence-electron chi connectivity index (χ2n) is 5.13. The lowest BCUT2D eigenvalue weighted by molar-refractivity contribution is 0.622. The molecule has 0 radical (unpaired) electrons. The molecular weight excluding hydrogens is 263 g/mol. The Kier molecular flexibility index (Phi) is 3.67. The van der Waals surface area contributed by atoms with Crippen molar-refractivity contribution in [2.24, 2.45) is 0 Å². The lowest BCUT2D eigenvalue weighted by atomic mass is 9.97. The van der Waals surface area contributed by atoms with Gasteiger partial charge in [-0.05, 0) is 37.7 Å². The SMILES string of the molecule is CNC(C)c1ccc(F)c(-c2cccc3cccnc23)c1. The van der Waals surface area contributed by atoms with E-state index in [9.17, 15) is 4.39 Å².